The molecule has 1 heterocycles. The van der Waals surface area contributed by atoms with Crippen molar-refractivity contribution >= 4 is 0 Å². The summed E-state index contributed by atoms with van der Waals surface area (Å²) < 4.78 is 18.8. The molecule has 0 unspecified atom stereocenters. The van der Waals surface area contributed by atoms with Crippen molar-refractivity contribution in [3.05, 3.63) is 30.1 Å². The Labute approximate surface area is 102 Å². The minimum Gasteiger partial charge on any atom is -0.490 e. The van der Waals surface area contributed by atoms with Crippen LogP contribution in [-0.4, -0.2) is 19.2 Å². The van der Waals surface area contributed by atoms with Crippen LogP contribution in [0.3, 0.4) is 0 Å². The summed E-state index contributed by atoms with van der Waals surface area (Å²) in [5.41, 5.74) is 0. The van der Waals surface area contributed by atoms with Gasteiger partial charge in [0.2, 0.25) is 0 Å². The zero-order valence-corrected chi connectivity index (χ0v) is 10.3. The van der Waals surface area contributed by atoms with Gasteiger partial charge in [-0.25, -0.2) is 4.39 Å². The van der Waals surface area contributed by atoms with E-state index >= 15 is 0 Å². The first-order valence-electron chi connectivity index (χ1n) is 6.42. The van der Waals surface area contributed by atoms with Crippen molar-refractivity contribution in [2.75, 3.05) is 13.1 Å². The maximum Gasteiger partial charge on any atom is 0.123 e. The van der Waals surface area contributed by atoms with Crippen LogP contribution in [0.4, 0.5) is 4.39 Å². The lowest BCUT2D eigenvalue weighted by Gasteiger charge is -2.24. The molecular formula is C14H20FNO. The topological polar surface area (TPSA) is 21.3 Å². The van der Waals surface area contributed by atoms with E-state index in [1.165, 1.54) is 18.6 Å². The quantitative estimate of drug-likeness (QED) is 0.850. The van der Waals surface area contributed by atoms with Crippen molar-refractivity contribution in [2.24, 2.45) is 5.92 Å². The average Bonchev–Trinajstić information content (AvgIpc) is 2.85. The highest BCUT2D eigenvalue weighted by Crippen LogP contribution is 2.23. The van der Waals surface area contributed by atoms with Crippen molar-refractivity contribution in [1.82, 2.24) is 5.32 Å². The molecule has 1 saturated heterocycles. The van der Waals surface area contributed by atoms with Crippen molar-refractivity contribution in [1.29, 1.82) is 0 Å². The summed E-state index contributed by atoms with van der Waals surface area (Å²) in [5.74, 6) is 1.14. The molecule has 0 radical (unpaired) electrons. The monoisotopic (exact) mass is 237 g/mol. The number of benzene rings is 1. The van der Waals surface area contributed by atoms with Crippen LogP contribution in [0.25, 0.3) is 0 Å². The molecular weight excluding hydrogens is 217 g/mol. The van der Waals surface area contributed by atoms with E-state index in [9.17, 15) is 4.39 Å². The molecule has 94 valence electrons. The number of nitrogens with one attached hydrogen (secondary N) is 1. The van der Waals surface area contributed by atoms with Gasteiger partial charge in [0.05, 0.1) is 0 Å². The Balaban J connectivity index is 1.98. The summed E-state index contributed by atoms with van der Waals surface area (Å²) in [6, 6.07) is 6.32. The van der Waals surface area contributed by atoms with E-state index in [0.29, 0.717) is 5.92 Å². The number of hydrogen-bond acceptors (Lipinski definition) is 2. The minimum absolute atomic E-state index is 0.216. The molecule has 1 N–H and O–H groups in total. The first kappa shape index (κ1) is 12.4. The standard InChI is InChI=1S/C14H20FNO/c1-2-3-14(11-8-9-16-10-11)17-13-6-4-12(15)5-7-13/h4-7,11,14,16H,2-3,8-10H2,1H3/t11-,14-/m0/s1. The summed E-state index contributed by atoms with van der Waals surface area (Å²) in [7, 11) is 0. The van der Waals surface area contributed by atoms with Crippen LogP contribution in [0.2, 0.25) is 0 Å². The fourth-order valence-corrected chi connectivity index (χ4v) is 2.36. The molecule has 0 aliphatic carbocycles. The largest absolute Gasteiger partial charge is 0.490 e. The van der Waals surface area contributed by atoms with Crippen LogP contribution in [0.5, 0.6) is 5.75 Å². The van der Waals surface area contributed by atoms with Gasteiger partial charge in [-0.2, -0.15) is 0 Å². The number of ether oxygens (including phenoxy) is 1. The molecule has 1 aromatic rings. The van der Waals surface area contributed by atoms with E-state index in [1.54, 1.807) is 12.1 Å². The van der Waals surface area contributed by atoms with E-state index < -0.39 is 0 Å². The normalized spacial score (nSPS) is 21.4. The molecule has 1 aliphatic rings. The van der Waals surface area contributed by atoms with Gasteiger partial charge >= 0.3 is 0 Å². The Morgan fingerprint density at radius 3 is 2.76 bits per heavy atom. The molecule has 1 aromatic carbocycles. The molecule has 0 bridgehead atoms. The van der Waals surface area contributed by atoms with Gasteiger partial charge in [-0.3, -0.25) is 0 Å². The molecule has 3 heteroatoms. The third-order valence-corrected chi connectivity index (χ3v) is 3.30. The predicted octanol–water partition coefficient (Wildman–Crippen LogP) is 2.98. The van der Waals surface area contributed by atoms with Crippen molar-refractivity contribution < 1.29 is 9.13 Å². The lowest BCUT2D eigenvalue weighted by Crippen LogP contribution is -2.28. The van der Waals surface area contributed by atoms with E-state index in [0.717, 1.165) is 31.7 Å². The van der Waals surface area contributed by atoms with Gasteiger partial charge < -0.3 is 10.1 Å². The highest BCUT2D eigenvalue weighted by atomic mass is 19.1. The maximum absolute atomic E-state index is 12.8. The van der Waals surface area contributed by atoms with Gasteiger partial charge in [0.25, 0.3) is 0 Å². The molecule has 2 nitrogen and oxygen atoms in total. The Morgan fingerprint density at radius 2 is 2.18 bits per heavy atom. The van der Waals surface area contributed by atoms with Crippen LogP contribution in [0, 0.1) is 11.7 Å². The van der Waals surface area contributed by atoms with Gasteiger partial charge in [-0.05, 0) is 43.7 Å². The Kier molecular flexibility index (Phi) is 4.37. The first-order chi connectivity index (χ1) is 8.29. The molecule has 2 atom stereocenters. The first-order valence-corrected chi connectivity index (χ1v) is 6.42. The highest BCUT2D eigenvalue weighted by molar-refractivity contribution is 5.22. The van der Waals surface area contributed by atoms with Gasteiger partial charge in [0.1, 0.15) is 17.7 Å². The zero-order valence-electron chi connectivity index (χ0n) is 10.3. The lowest BCUT2D eigenvalue weighted by atomic mass is 9.97. The summed E-state index contributed by atoms with van der Waals surface area (Å²) in [6.45, 7) is 4.28. The molecule has 0 aromatic heterocycles. The number of halogens is 1. The molecule has 0 saturated carbocycles. The van der Waals surface area contributed by atoms with Crippen LogP contribution >= 0.6 is 0 Å². The van der Waals surface area contributed by atoms with Crippen molar-refractivity contribution in [2.45, 2.75) is 32.3 Å². The van der Waals surface area contributed by atoms with E-state index in [2.05, 4.69) is 12.2 Å². The fraction of sp³-hybridized carbons (Fsp3) is 0.571. The molecule has 2 rings (SSSR count). The highest BCUT2D eigenvalue weighted by Gasteiger charge is 2.25. The fourth-order valence-electron chi connectivity index (χ4n) is 2.36. The average molecular weight is 237 g/mol. The van der Waals surface area contributed by atoms with E-state index in [4.69, 9.17) is 4.74 Å². The van der Waals surface area contributed by atoms with Gasteiger partial charge in [0.15, 0.2) is 0 Å². The Bertz CT molecular complexity index is 333. The minimum atomic E-state index is -0.216. The predicted molar refractivity (Wildman–Crippen MR) is 66.7 cm³/mol. The van der Waals surface area contributed by atoms with Crippen LogP contribution in [0.15, 0.2) is 24.3 Å². The van der Waals surface area contributed by atoms with Gasteiger partial charge in [0, 0.05) is 12.5 Å². The van der Waals surface area contributed by atoms with Gasteiger partial charge in [-0.1, -0.05) is 13.3 Å². The van der Waals surface area contributed by atoms with Crippen molar-refractivity contribution in [3.63, 3.8) is 0 Å². The van der Waals surface area contributed by atoms with Crippen molar-refractivity contribution in [3.8, 4) is 5.75 Å². The smallest absolute Gasteiger partial charge is 0.123 e. The third kappa shape index (κ3) is 3.43. The number of rotatable bonds is 5. The lowest BCUT2D eigenvalue weighted by molar-refractivity contribution is 0.132. The Morgan fingerprint density at radius 1 is 1.41 bits per heavy atom. The summed E-state index contributed by atoms with van der Waals surface area (Å²) in [5, 5.41) is 3.37. The third-order valence-electron chi connectivity index (χ3n) is 3.30. The van der Waals surface area contributed by atoms with Crippen LogP contribution in [-0.2, 0) is 0 Å². The van der Waals surface area contributed by atoms with Crippen LogP contribution in [0.1, 0.15) is 26.2 Å². The molecule has 17 heavy (non-hydrogen) atoms. The summed E-state index contributed by atoms with van der Waals surface area (Å²) in [4.78, 5) is 0. The second kappa shape index (κ2) is 6.01. The SMILES string of the molecule is CCC[C@H](Oc1ccc(F)cc1)[C@H]1CCNC1. The maximum atomic E-state index is 12.8. The second-order valence-electron chi connectivity index (χ2n) is 4.65. The van der Waals surface area contributed by atoms with Crippen LogP contribution < -0.4 is 10.1 Å². The zero-order chi connectivity index (χ0) is 12.1. The molecule has 0 amide bonds. The molecule has 1 fully saturated rings. The molecule has 0 spiro atoms. The number of hydrogen-bond donors (Lipinski definition) is 1. The Hall–Kier alpha value is -1.09. The van der Waals surface area contributed by atoms with E-state index in [-0.39, 0.29) is 11.9 Å². The molecule has 1 aliphatic heterocycles. The van der Waals surface area contributed by atoms with E-state index in [1.807, 2.05) is 0 Å². The van der Waals surface area contributed by atoms with Gasteiger partial charge in [-0.15, -0.1) is 0 Å². The second-order valence-corrected chi connectivity index (χ2v) is 4.65. The summed E-state index contributed by atoms with van der Waals surface area (Å²) in [6.07, 6.45) is 3.60. The summed E-state index contributed by atoms with van der Waals surface area (Å²) >= 11 is 0.